The maximum Gasteiger partial charge on any atom is 0.330 e. The van der Waals surface area contributed by atoms with Gasteiger partial charge in [0.2, 0.25) is 0 Å². The van der Waals surface area contributed by atoms with Crippen molar-refractivity contribution < 1.29 is 13.6 Å². The van der Waals surface area contributed by atoms with Crippen LogP contribution in [-0.4, -0.2) is 19.4 Å². The molecule has 4 heteroatoms. The van der Waals surface area contributed by atoms with E-state index in [0.29, 0.717) is 25.8 Å². The Balaban J connectivity index is 2.44. The molecule has 0 amide bonds. The Morgan fingerprint density at radius 2 is 1.72 bits per heavy atom. The molecule has 0 saturated carbocycles. The van der Waals surface area contributed by atoms with Crippen molar-refractivity contribution in [3.8, 4) is 0 Å². The SMILES string of the molecule is CCOP(=O)(CCC=Cc1ccccc1)OCC. The molecule has 0 aliphatic carbocycles. The first-order chi connectivity index (χ1) is 8.70. The fraction of sp³-hybridized carbons (Fsp3) is 0.429. The van der Waals surface area contributed by atoms with Crippen LogP contribution >= 0.6 is 7.60 Å². The summed E-state index contributed by atoms with van der Waals surface area (Å²) in [5, 5.41) is 0. The van der Waals surface area contributed by atoms with E-state index < -0.39 is 7.60 Å². The maximum atomic E-state index is 12.1. The molecule has 0 fully saturated rings. The Morgan fingerprint density at radius 1 is 1.11 bits per heavy atom. The molecule has 1 aromatic carbocycles. The van der Waals surface area contributed by atoms with E-state index in [2.05, 4.69) is 0 Å². The molecule has 0 heterocycles. The summed E-state index contributed by atoms with van der Waals surface area (Å²) >= 11 is 0. The Kier molecular flexibility index (Phi) is 6.96. The number of rotatable bonds is 8. The van der Waals surface area contributed by atoms with Crippen LogP contribution in [0.2, 0.25) is 0 Å². The molecule has 0 spiro atoms. The lowest BCUT2D eigenvalue weighted by atomic mass is 10.2. The van der Waals surface area contributed by atoms with Crippen LogP contribution in [0, 0.1) is 0 Å². The van der Waals surface area contributed by atoms with E-state index in [4.69, 9.17) is 9.05 Å². The van der Waals surface area contributed by atoms with Gasteiger partial charge in [0.25, 0.3) is 0 Å². The Hall–Kier alpha value is -0.890. The molecule has 0 bridgehead atoms. The van der Waals surface area contributed by atoms with Crippen molar-refractivity contribution in [2.75, 3.05) is 19.4 Å². The highest BCUT2D eigenvalue weighted by Crippen LogP contribution is 2.48. The lowest BCUT2D eigenvalue weighted by Crippen LogP contribution is -1.99. The van der Waals surface area contributed by atoms with Crippen LogP contribution < -0.4 is 0 Å². The van der Waals surface area contributed by atoms with Gasteiger partial charge in [0, 0.05) is 0 Å². The Labute approximate surface area is 109 Å². The number of allylic oxidation sites excluding steroid dienone is 1. The third-order valence-electron chi connectivity index (χ3n) is 2.33. The van der Waals surface area contributed by atoms with Gasteiger partial charge in [0.1, 0.15) is 0 Å². The molecule has 0 radical (unpaired) electrons. The van der Waals surface area contributed by atoms with E-state index in [0.717, 1.165) is 5.56 Å². The quantitative estimate of drug-likeness (QED) is 0.657. The lowest BCUT2D eigenvalue weighted by Gasteiger charge is -2.15. The third kappa shape index (κ3) is 5.63. The fourth-order valence-electron chi connectivity index (χ4n) is 1.58. The monoisotopic (exact) mass is 268 g/mol. The van der Waals surface area contributed by atoms with E-state index in [1.807, 2.05) is 56.3 Å². The van der Waals surface area contributed by atoms with Crippen LogP contribution in [-0.2, 0) is 13.6 Å². The van der Waals surface area contributed by atoms with Crippen LogP contribution in [0.5, 0.6) is 0 Å². The van der Waals surface area contributed by atoms with Crippen molar-refractivity contribution in [2.45, 2.75) is 20.3 Å². The molecular weight excluding hydrogens is 247 g/mol. The molecule has 18 heavy (non-hydrogen) atoms. The van der Waals surface area contributed by atoms with Crippen molar-refractivity contribution in [2.24, 2.45) is 0 Å². The van der Waals surface area contributed by atoms with Gasteiger partial charge in [-0.2, -0.15) is 0 Å². The van der Waals surface area contributed by atoms with E-state index in [1.54, 1.807) is 0 Å². The molecule has 0 atom stereocenters. The summed E-state index contributed by atoms with van der Waals surface area (Å²) < 4.78 is 22.6. The zero-order valence-electron chi connectivity index (χ0n) is 11.0. The molecule has 0 aromatic heterocycles. The predicted molar refractivity (Wildman–Crippen MR) is 75.8 cm³/mol. The summed E-state index contributed by atoms with van der Waals surface area (Å²) in [5.41, 5.74) is 1.14. The van der Waals surface area contributed by atoms with E-state index in [9.17, 15) is 4.57 Å². The minimum atomic E-state index is -2.89. The van der Waals surface area contributed by atoms with Gasteiger partial charge >= 0.3 is 7.60 Å². The second kappa shape index (κ2) is 8.25. The Morgan fingerprint density at radius 3 is 2.28 bits per heavy atom. The number of benzene rings is 1. The molecule has 100 valence electrons. The van der Waals surface area contributed by atoms with Crippen LogP contribution in [0.3, 0.4) is 0 Å². The standard InChI is InChI=1S/C14H21O3P/c1-3-16-18(15,17-4-2)13-9-8-12-14-10-6-5-7-11-14/h5-8,10-12H,3-4,9,13H2,1-2H3. The minimum Gasteiger partial charge on any atom is -0.309 e. The lowest BCUT2D eigenvalue weighted by molar-refractivity contribution is 0.220. The summed E-state index contributed by atoms with van der Waals surface area (Å²) in [7, 11) is -2.89. The average Bonchev–Trinajstić information content (AvgIpc) is 2.37. The first-order valence-electron chi connectivity index (χ1n) is 6.30. The molecule has 0 aliphatic heterocycles. The molecular formula is C14H21O3P. The minimum absolute atomic E-state index is 0.416. The Bertz CT molecular complexity index is 391. The van der Waals surface area contributed by atoms with E-state index in [-0.39, 0.29) is 0 Å². The molecule has 0 saturated heterocycles. The second-order valence-corrected chi connectivity index (χ2v) is 5.96. The van der Waals surface area contributed by atoms with Gasteiger partial charge < -0.3 is 9.05 Å². The highest BCUT2D eigenvalue weighted by molar-refractivity contribution is 7.53. The highest BCUT2D eigenvalue weighted by Gasteiger charge is 2.21. The maximum absolute atomic E-state index is 12.1. The van der Waals surface area contributed by atoms with Gasteiger partial charge in [-0.15, -0.1) is 0 Å². The molecule has 1 rings (SSSR count). The van der Waals surface area contributed by atoms with Gasteiger partial charge in [0.05, 0.1) is 19.4 Å². The van der Waals surface area contributed by atoms with Crippen LogP contribution in [0.4, 0.5) is 0 Å². The topological polar surface area (TPSA) is 35.5 Å². The van der Waals surface area contributed by atoms with Crippen molar-refractivity contribution in [1.29, 1.82) is 0 Å². The van der Waals surface area contributed by atoms with E-state index in [1.165, 1.54) is 0 Å². The molecule has 0 unspecified atom stereocenters. The van der Waals surface area contributed by atoms with Crippen molar-refractivity contribution in [3.63, 3.8) is 0 Å². The summed E-state index contributed by atoms with van der Waals surface area (Å²) in [5.74, 6) is 0. The molecule has 1 aromatic rings. The summed E-state index contributed by atoms with van der Waals surface area (Å²) in [6.45, 7) is 4.48. The van der Waals surface area contributed by atoms with Gasteiger partial charge in [0.15, 0.2) is 0 Å². The van der Waals surface area contributed by atoms with Crippen molar-refractivity contribution in [1.82, 2.24) is 0 Å². The first-order valence-corrected chi connectivity index (χ1v) is 8.02. The van der Waals surface area contributed by atoms with Crippen molar-refractivity contribution >= 4 is 13.7 Å². The normalized spacial score (nSPS) is 12.1. The van der Waals surface area contributed by atoms with E-state index >= 15 is 0 Å². The number of hydrogen-bond donors (Lipinski definition) is 0. The predicted octanol–water partition coefficient (Wildman–Crippen LogP) is 4.36. The molecule has 3 nitrogen and oxygen atoms in total. The smallest absolute Gasteiger partial charge is 0.309 e. The highest BCUT2D eigenvalue weighted by atomic mass is 31.2. The zero-order chi connectivity index (χ0) is 13.3. The molecule has 0 aliphatic rings. The molecule has 0 N–H and O–H groups in total. The third-order valence-corrected chi connectivity index (χ3v) is 4.44. The zero-order valence-corrected chi connectivity index (χ0v) is 11.9. The largest absolute Gasteiger partial charge is 0.330 e. The van der Waals surface area contributed by atoms with Gasteiger partial charge in [-0.05, 0) is 25.8 Å². The van der Waals surface area contributed by atoms with Gasteiger partial charge in [-0.1, -0.05) is 42.5 Å². The average molecular weight is 268 g/mol. The van der Waals surface area contributed by atoms with Gasteiger partial charge in [-0.3, -0.25) is 4.57 Å². The van der Waals surface area contributed by atoms with Gasteiger partial charge in [-0.25, -0.2) is 0 Å². The number of hydrogen-bond acceptors (Lipinski definition) is 3. The summed E-state index contributed by atoms with van der Waals surface area (Å²) in [4.78, 5) is 0. The fourth-order valence-corrected chi connectivity index (χ4v) is 3.16. The first kappa shape index (κ1) is 15.2. The van der Waals surface area contributed by atoms with Crippen LogP contribution in [0.15, 0.2) is 36.4 Å². The summed E-state index contributed by atoms with van der Waals surface area (Å²) in [6, 6.07) is 10.0. The van der Waals surface area contributed by atoms with Crippen LogP contribution in [0.25, 0.3) is 6.08 Å². The second-order valence-electron chi connectivity index (χ2n) is 3.77. The summed E-state index contributed by atoms with van der Waals surface area (Å²) in [6.07, 6.45) is 5.13. The van der Waals surface area contributed by atoms with Crippen LogP contribution in [0.1, 0.15) is 25.8 Å². The van der Waals surface area contributed by atoms with Crippen molar-refractivity contribution in [3.05, 3.63) is 42.0 Å².